The molecule has 1 aliphatic rings. The Morgan fingerprint density at radius 3 is 1.77 bits per heavy atom. The van der Waals surface area contributed by atoms with E-state index in [-0.39, 0.29) is 17.2 Å². The van der Waals surface area contributed by atoms with E-state index >= 15 is 0 Å². The number of allylic oxidation sites excluding steroid dienone is 2. The van der Waals surface area contributed by atoms with Gasteiger partial charge in [-0.05, 0) is 19.3 Å². The molecule has 0 spiro atoms. The molecule has 1 rings (SSSR count). The minimum atomic E-state index is -1.10. The maximum atomic E-state index is 11.2. The minimum absolute atomic E-state index is 0.0787. The summed E-state index contributed by atoms with van der Waals surface area (Å²) in [6.45, 7) is 3.95. The van der Waals surface area contributed by atoms with Crippen LogP contribution in [0.15, 0.2) is 29.5 Å². The molecule has 0 aliphatic carbocycles. The van der Waals surface area contributed by atoms with E-state index in [0.717, 1.165) is 25.1 Å². The number of amidine groups is 1. The monoisotopic (exact) mass is 489 g/mol. The third-order valence-electron chi connectivity index (χ3n) is 7.33. The van der Waals surface area contributed by atoms with Gasteiger partial charge in [-0.25, -0.2) is 9.48 Å². The van der Waals surface area contributed by atoms with Crippen molar-refractivity contribution < 1.29 is 14.4 Å². The molecule has 0 aromatic carbocycles. The van der Waals surface area contributed by atoms with Crippen LogP contribution < -0.4 is 10.8 Å². The van der Waals surface area contributed by atoms with Gasteiger partial charge in [0.05, 0.1) is 12.2 Å². The summed E-state index contributed by atoms with van der Waals surface area (Å²) in [5, 5.41) is 11.2. The summed E-state index contributed by atoms with van der Waals surface area (Å²) in [7, 11) is 0. The number of carbonyl (C=O) groups is 1. The second kappa shape index (κ2) is 20.7. The zero-order valence-corrected chi connectivity index (χ0v) is 23.0. The van der Waals surface area contributed by atoms with Gasteiger partial charge in [0.2, 0.25) is 5.84 Å². The zero-order valence-electron chi connectivity index (χ0n) is 23.0. The highest BCUT2D eigenvalue weighted by Gasteiger charge is 2.38. The normalized spacial score (nSPS) is 18.4. The molecule has 0 aromatic heterocycles. The quantitative estimate of drug-likeness (QED) is 0.0890. The van der Waals surface area contributed by atoms with Crippen LogP contribution in [0.5, 0.6) is 0 Å². The fourth-order valence-electron chi connectivity index (χ4n) is 5.01. The Kier molecular flexibility index (Phi) is 18.7. The number of quaternary nitrogens is 1. The molecule has 0 saturated heterocycles. The molecule has 5 heteroatoms. The SMILES string of the molecule is CCCCCCCCCCCCCCCCCCC/C=C/CCC1=NC=C[N+]1(CC(=O)[O-])C(C)N. The average molecular weight is 490 g/mol. The Labute approximate surface area is 216 Å². The third-order valence-corrected chi connectivity index (χ3v) is 7.33. The van der Waals surface area contributed by atoms with Gasteiger partial charge in [0.15, 0.2) is 0 Å². The van der Waals surface area contributed by atoms with Crippen LogP contribution in [0.3, 0.4) is 0 Å². The molecule has 1 heterocycles. The standard InChI is InChI=1S/C30H55N3O2/c1-3-4-5-6-7-8-9-10-11-12-13-14-15-16-17-18-19-20-21-22-23-24-29-32-25-26-33(29,28(2)31)27-30(34)35/h21-22,25-26,28H,3-20,23-24,27,31H2,1-2H3/b22-21+. The van der Waals surface area contributed by atoms with Gasteiger partial charge < -0.3 is 9.90 Å². The van der Waals surface area contributed by atoms with E-state index < -0.39 is 5.97 Å². The Morgan fingerprint density at radius 1 is 0.857 bits per heavy atom. The first-order valence-corrected chi connectivity index (χ1v) is 14.8. The molecule has 0 radical (unpaired) electrons. The molecule has 1 aliphatic heterocycles. The van der Waals surface area contributed by atoms with Crippen molar-refractivity contribution in [2.75, 3.05) is 6.54 Å². The second-order valence-electron chi connectivity index (χ2n) is 10.5. The van der Waals surface area contributed by atoms with Gasteiger partial charge in [-0.1, -0.05) is 122 Å². The second-order valence-corrected chi connectivity index (χ2v) is 10.5. The number of carbonyl (C=O) groups excluding carboxylic acids is 1. The topological polar surface area (TPSA) is 78.5 Å². The van der Waals surface area contributed by atoms with E-state index in [1.54, 1.807) is 12.4 Å². The lowest BCUT2D eigenvalue weighted by Crippen LogP contribution is -2.60. The van der Waals surface area contributed by atoms with Crippen LogP contribution in [0.2, 0.25) is 0 Å². The molecule has 202 valence electrons. The van der Waals surface area contributed by atoms with Crippen molar-refractivity contribution >= 4 is 11.8 Å². The molecule has 2 N–H and O–H groups in total. The molecule has 5 nitrogen and oxygen atoms in total. The van der Waals surface area contributed by atoms with Gasteiger partial charge >= 0.3 is 0 Å². The van der Waals surface area contributed by atoms with Crippen LogP contribution in [-0.2, 0) is 4.79 Å². The van der Waals surface area contributed by atoms with E-state index in [0.29, 0.717) is 0 Å². The highest BCUT2D eigenvalue weighted by Crippen LogP contribution is 2.22. The van der Waals surface area contributed by atoms with Crippen molar-refractivity contribution in [3.8, 4) is 0 Å². The number of nitrogens with zero attached hydrogens (tertiary/aromatic N) is 2. The number of aliphatic carboxylic acids is 1. The smallest absolute Gasteiger partial charge is 0.209 e. The zero-order chi connectivity index (χ0) is 25.6. The van der Waals surface area contributed by atoms with E-state index in [1.807, 2.05) is 6.92 Å². The van der Waals surface area contributed by atoms with E-state index in [4.69, 9.17) is 5.73 Å². The molecule has 0 amide bonds. The highest BCUT2D eigenvalue weighted by atomic mass is 16.4. The number of nitrogens with two attached hydrogens (primary N) is 1. The van der Waals surface area contributed by atoms with Crippen molar-refractivity contribution in [1.29, 1.82) is 0 Å². The molecular formula is C30H55N3O2. The van der Waals surface area contributed by atoms with Gasteiger partial charge in [-0.2, -0.15) is 0 Å². The summed E-state index contributed by atoms with van der Waals surface area (Å²) in [6.07, 6.45) is 34.1. The van der Waals surface area contributed by atoms with Crippen LogP contribution in [0, 0.1) is 0 Å². The first-order valence-electron chi connectivity index (χ1n) is 14.8. The lowest BCUT2D eigenvalue weighted by molar-refractivity contribution is -0.808. The summed E-state index contributed by atoms with van der Waals surface area (Å²) in [5.41, 5.74) is 6.08. The number of hydrogen-bond donors (Lipinski definition) is 1. The summed E-state index contributed by atoms with van der Waals surface area (Å²) in [6, 6.07) is 0. The fourth-order valence-corrected chi connectivity index (χ4v) is 5.01. The minimum Gasteiger partial charge on any atom is -0.544 e. The van der Waals surface area contributed by atoms with Gasteiger partial charge in [0.25, 0.3) is 0 Å². The van der Waals surface area contributed by atoms with Gasteiger partial charge in [0, 0.05) is 13.3 Å². The number of carboxylic acids is 1. The molecular weight excluding hydrogens is 434 g/mol. The van der Waals surface area contributed by atoms with E-state index in [1.165, 1.54) is 109 Å². The molecule has 0 bridgehead atoms. The van der Waals surface area contributed by atoms with Crippen molar-refractivity contribution in [3.63, 3.8) is 0 Å². The largest absolute Gasteiger partial charge is 0.544 e. The fraction of sp³-hybridized carbons (Fsp3) is 0.800. The summed E-state index contributed by atoms with van der Waals surface area (Å²) < 4.78 is 0.0787. The molecule has 2 unspecified atom stereocenters. The summed E-state index contributed by atoms with van der Waals surface area (Å²) >= 11 is 0. The van der Waals surface area contributed by atoms with Crippen molar-refractivity contribution in [1.82, 2.24) is 0 Å². The Balaban J connectivity index is 1.91. The Hall–Kier alpha value is -1.46. The molecule has 0 saturated carbocycles. The van der Waals surface area contributed by atoms with Gasteiger partial charge in [-0.15, -0.1) is 0 Å². The summed E-state index contributed by atoms with van der Waals surface area (Å²) in [5.74, 6) is -0.289. The van der Waals surface area contributed by atoms with Gasteiger partial charge in [-0.3, -0.25) is 5.73 Å². The van der Waals surface area contributed by atoms with Crippen LogP contribution in [0.25, 0.3) is 0 Å². The lowest BCUT2D eigenvalue weighted by atomic mass is 10.0. The van der Waals surface area contributed by atoms with E-state index in [9.17, 15) is 9.90 Å². The number of unbranched alkanes of at least 4 members (excludes halogenated alkanes) is 17. The number of rotatable bonds is 24. The average Bonchev–Trinajstić information content (AvgIpc) is 3.23. The Bertz CT molecular complexity index is 627. The van der Waals surface area contributed by atoms with Crippen LogP contribution in [0.4, 0.5) is 0 Å². The van der Waals surface area contributed by atoms with E-state index in [2.05, 4.69) is 24.1 Å². The van der Waals surface area contributed by atoms with Gasteiger partial charge in [0.1, 0.15) is 18.9 Å². The number of aliphatic imine (C=N–C) groups is 1. The first-order chi connectivity index (χ1) is 17.0. The summed E-state index contributed by atoms with van der Waals surface area (Å²) in [4.78, 5) is 15.6. The molecule has 2 atom stereocenters. The highest BCUT2D eigenvalue weighted by molar-refractivity contribution is 5.81. The predicted molar refractivity (Wildman–Crippen MR) is 148 cm³/mol. The van der Waals surface area contributed by atoms with Crippen LogP contribution >= 0.6 is 0 Å². The molecule has 0 fully saturated rings. The molecule has 35 heavy (non-hydrogen) atoms. The third kappa shape index (κ3) is 14.6. The predicted octanol–water partition coefficient (Wildman–Crippen LogP) is 7.12. The maximum Gasteiger partial charge on any atom is 0.209 e. The molecule has 0 aromatic rings. The Morgan fingerprint density at radius 2 is 1.31 bits per heavy atom. The van der Waals surface area contributed by atoms with Crippen molar-refractivity contribution in [3.05, 3.63) is 24.6 Å². The lowest BCUT2D eigenvalue weighted by Gasteiger charge is -2.36. The van der Waals surface area contributed by atoms with Crippen molar-refractivity contribution in [2.24, 2.45) is 10.7 Å². The first kappa shape index (κ1) is 31.6. The number of carboxylic acid groups (broad SMARTS) is 1. The van der Waals surface area contributed by atoms with Crippen LogP contribution in [-0.4, -0.2) is 29.0 Å². The van der Waals surface area contributed by atoms with Crippen molar-refractivity contribution in [2.45, 2.75) is 148 Å². The number of hydrogen-bond acceptors (Lipinski definition) is 4. The van der Waals surface area contributed by atoms with Crippen LogP contribution in [0.1, 0.15) is 142 Å². The maximum absolute atomic E-state index is 11.2.